The SMILES string of the molecule is OB(O)c1ccccc1O.OB(O)c1ccccc1O. The number of benzene rings is 2. The molecule has 2 aromatic carbocycles. The molecule has 20 heavy (non-hydrogen) atoms. The van der Waals surface area contributed by atoms with Gasteiger partial charge in [-0.05, 0) is 12.1 Å². The monoisotopic (exact) mass is 276 g/mol. The van der Waals surface area contributed by atoms with E-state index in [1.165, 1.54) is 24.3 Å². The average molecular weight is 276 g/mol. The molecule has 6 N–H and O–H groups in total. The Labute approximate surface area is 116 Å². The molecule has 104 valence electrons. The van der Waals surface area contributed by atoms with Crippen molar-refractivity contribution in [1.82, 2.24) is 0 Å². The molecule has 0 bridgehead atoms. The highest BCUT2D eigenvalue weighted by Gasteiger charge is 2.14. The molecule has 0 aromatic heterocycles. The van der Waals surface area contributed by atoms with Gasteiger partial charge in [0.05, 0.1) is 0 Å². The van der Waals surface area contributed by atoms with Crippen molar-refractivity contribution in [2.45, 2.75) is 0 Å². The Morgan fingerprint density at radius 2 is 0.850 bits per heavy atom. The summed E-state index contributed by atoms with van der Waals surface area (Å²) in [6.45, 7) is 0. The molecule has 0 heterocycles. The molecule has 8 heteroatoms. The van der Waals surface area contributed by atoms with E-state index < -0.39 is 14.2 Å². The summed E-state index contributed by atoms with van der Waals surface area (Å²) in [6, 6.07) is 12.1. The van der Waals surface area contributed by atoms with Crippen molar-refractivity contribution in [3.8, 4) is 11.5 Å². The molecular formula is C12H14B2O6. The first-order chi connectivity index (χ1) is 9.43. The van der Waals surface area contributed by atoms with Crippen molar-refractivity contribution < 1.29 is 30.3 Å². The van der Waals surface area contributed by atoms with E-state index in [9.17, 15) is 0 Å². The number of phenols is 2. The average Bonchev–Trinajstić information content (AvgIpc) is 2.40. The van der Waals surface area contributed by atoms with Crippen molar-refractivity contribution in [1.29, 1.82) is 0 Å². The fourth-order valence-corrected chi connectivity index (χ4v) is 1.41. The summed E-state index contributed by atoms with van der Waals surface area (Å²) >= 11 is 0. The third-order valence-electron chi connectivity index (χ3n) is 2.43. The zero-order chi connectivity index (χ0) is 15.1. The highest BCUT2D eigenvalue weighted by molar-refractivity contribution is 6.60. The summed E-state index contributed by atoms with van der Waals surface area (Å²) in [5, 5.41) is 52.3. The van der Waals surface area contributed by atoms with Crippen LogP contribution in [0.3, 0.4) is 0 Å². The van der Waals surface area contributed by atoms with Gasteiger partial charge in [-0.3, -0.25) is 0 Å². The van der Waals surface area contributed by atoms with Crippen molar-refractivity contribution in [2.75, 3.05) is 0 Å². The second-order valence-corrected chi connectivity index (χ2v) is 3.86. The summed E-state index contributed by atoms with van der Waals surface area (Å²) in [6.07, 6.45) is 0. The standard InChI is InChI=1S/2C6H7BO3/c2*8-6-4-2-1-3-5(6)7(9)10/h2*1-4,8-10H. The van der Waals surface area contributed by atoms with Crippen LogP contribution in [0.15, 0.2) is 48.5 Å². The minimum absolute atomic E-state index is 0.0995. The van der Waals surface area contributed by atoms with Crippen LogP contribution < -0.4 is 10.9 Å². The number of hydrogen-bond donors (Lipinski definition) is 6. The van der Waals surface area contributed by atoms with Crippen molar-refractivity contribution >= 4 is 25.2 Å². The lowest BCUT2D eigenvalue weighted by atomic mass is 9.80. The van der Waals surface area contributed by atoms with Gasteiger partial charge in [-0.1, -0.05) is 36.4 Å². The fourth-order valence-electron chi connectivity index (χ4n) is 1.41. The van der Waals surface area contributed by atoms with E-state index in [0.717, 1.165) is 0 Å². The normalized spacial score (nSPS) is 9.40. The second-order valence-electron chi connectivity index (χ2n) is 3.86. The van der Waals surface area contributed by atoms with Gasteiger partial charge in [0.15, 0.2) is 0 Å². The maximum atomic E-state index is 8.96. The Bertz CT molecular complexity index is 497. The Hall–Kier alpha value is -1.99. The molecule has 0 fully saturated rings. The van der Waals surface area contributed by atoms with Crippen molar-refractivity contribution in [3.05, 3.63) is 48.5 Å². The molecular weight excluding hydrogens is 262 g/mol. The van der Waals surface area contributed by atoms with Gasteiger partial charge in [-0.25, -0.2) is 0 Å². The van der Waals surface area contributed by atoms with Crippen LogP contribution in [-0.2, 0) is 0 Å². The molecule has 0 aliphatic heterocycles. The van der Waals surface area contributed by atoms with Gasteiger partial charge in [0.1, 0.15) is 11.5 Å². The molecule has 0 saturated carbocycles. The molecule has 0 atom stereocenters. The quantitative estimate of drug-likeness (QED) is 0.358. The molecule has 0 aliphatic rings. The van der Waals surface area contributed by atoms with Gasteiger partial charge in [0, 0.05) is 10.9 Å². The molecule has 0 radical (unpaired) electrons. The van der Waals surface area contributed by atoms with Crippen LogP contribution in [0.1, 0.15) is 0 Å². The number of phenolic OH excluding ortho intramolecular Hbond substituents is 2. The second kappa shape index (κ2) is 7.56. The first-order valence-electron chi connectivity index (χ1n) is 5.71. The van der Waals surface area contributed by atoms with Crippen molar-refractivity contribution in [2.24, 2.45) is 0 Å². The van der Waals surface area contributed by atoms with Crippen LogP contribution in [0.25, 0.3) is 0 Å². The van der Waals surface area contributed by atoms with E-state index >= 15 is 0 Å². The minimum Gasteiger partial charge on any atom is -0.508 e. The summed E-state index contributed by atoms with van der Waals surface area (Å²) in [5.74, 6) is -0.199. The molecule has 0 spiro atoms. The molecule has 2 rings (SSSR count). The summed E-state index contributed by atoms with van der Waals surface area (Å²) in [4.78, 5) is 0. The van der Waals surface area contributed by atoms with E-state index in [4.69, 9.17) is 30.3 Å². The van der Waals surface area contributed by atoms with Crippen LogP contribution in [0, 0.1) is 0 Å². The Morgan fingerprint density at radius 3 is 1.05 bits per heavy atom. The number of para-hydroxylation sites is 2. The highest BCUT2D eigenvalue weighted by Crippen LogP contribution is 2.03. The molecule has 6 nitrogen and oxygen atoms in total. The molecule has 2 aromatic rings. The van der Waals surface area contributed by atoms with Crippen LogP contribution in [0.2, 0.25) is 0 Å². The summed E-state index contributed by atoms with van der Waals surface area (Å²) < 4.78 is 0. The smallest absolute Gasteiger partial charge is 0.492 e. The zero-order valence-corrected chi connectivity index (χ0v) is 10.5. The van der Waals surface area contributed by atoms with E-state index in [0.29, 0.717) is 0 Å². The molecule has 0 aliphatic carbocycles. The van der Waals surface area contributed by atoms with E-state index in [-0.39, 0.29) is 22.4 Å². The predicted molar refractivity (Wildman–Crippen MR) is 75.9 cm³/mol. The Morgan fingerprint density at radius 1 is 0.550 bits per heavy atom. The van der Waals surface area contributed by atoms with Crippen LogP contribution in [0.5, 0.6) is 11.5 Å². The fraction of sp³-hybridized carbons (Fsp3) is 0. The van der Waals surface area contributed by atoms with E-state index in [2.05, 4.69) is 0 Å². The van der Waals surface area contributed by atoms with Crippen LogP contribution in [-0.4, -0.2) is 44.5 Å². The maximum Gasteiger partial charge on any atom is 0.492 e. The van der Waals surface area contributed by atoms with Crippen molar-refractivity contribution in [3.63, 3.8) is 0 Å². The lowest BCUT2D eigenvalue weighted by molar-refractivity contribution is 0.418. The first-order valence-corrected chi connectivity index (χ1v) is 5.71. The highest BCUT2D eigenvalue weighted by atomic mass is 16.4. The Kier molecular flexibility index (Phi) is 6.08. The van der Waals surface area contributed by atoms with E-state index in [1.807, 2.05) is 0 Å². The first kappa shape index (κ1) is 16.1. The molecule has 0 unspecified atom stereocenters. The Balaban J connectivity index is 0.000000200. The third kappa shape index (κ3) is 4.60. The van der Waals surface area contributed by atoms with E-state index in [1.54, 1.807) is 24.3 Å². The summed E-state index contributed by atoms with van der Waals surface area (Å²) in [7, 11) is -3.19. The van der Waals surface area contributed by atoms with Crippen LogP contribution >= 0.6 is 0 Å². The number of hydrogen-bond acceptors (Lipinski definition) is 6. The van der Waals surface area contributed by atoms with Crippen LogP contribution in [0.4, 0.5) is 0 Å². The third-order valence-corrected chi connectivity index (χ3v) is 2.43. The number of aromatic hydroxyl groups is 2. The largest absolute Gasteiger partial charge is 0.508 e. The summed E-state index contributed by atoms with van der Waals surface area (Å²) in [5.41, 5.74) is 0.255. The number of rotatable bonds is 2. The predicted octanol–water partition coefficient (Wildman–Crippen LogP) is -1.86. The zero-order valence-electron chi connectivity index (χ0n) is 10.5. The van der Waals surface area contributed by atoms with Gasteiger partial charge >= 0.3 is 14.2 Å². The van der Waals surface area contributed by atoms with Gasteiger partial charge < -0.3 is 30.3 Å². The minimum atomic E-state index is -1.60. The topological polar surface area (TPSA) is 121 Å². The van der Waals surface area contributed by atoms with Gasteiger partial charge in [-0.15, -0.1) is 0 Å². The van der Waals surface area contributed by atoms with Gasteiger partial charge in [-0.2, -0.15) is 0 Å². The lowest BCUT2D eigenvalue weighted by Crippen LogP contribution is -2.29. The van der Waals surface area contributed by atoms with Gasteiger partial charge in [0.2, 0.25) is 0 Å². The lowest BCUT2D eigenvalue weighted by Gasteiger charge is -1.99. The maximum absolute atomic E-state index is 8.96. The molecule has 0 saturated heterocycles. The van der Waals surface area contributed by atoms with Gasteiger partial charge in [0.25, 0.3) is 0 Å². The molecule has 0 amide bonds.